The number of carbonyl (C=O) groups is 1. The average Bonchev–Trinajstić information content (AvgIpc) is 3.12. The van der Waals surface area contributed by atoms with Crippen LogP contribution in [-0.2, 0) is 17.8 Å². The third kappa shape index (κ3) is 4.03. The Morgan fingerprint density at radius 1 is 0.968 bits per heavy atom. The minimum atomic E-state index is -0.248. The Labute approximate surface area is 179 Å². The van der Waals surface area contributed by atoms with Gasteiger partial charge in [0.25, 0.3) is 0 Å². The number of hydrogen-bond acceptors (Lipinski definition) is 2. The van der Waals surface area contributed by atoms with Crippen molar-refractivity contribution in [3.8, 4) is 0 Å². The van der Waals surface area contributed by atoms with E-state index in [1.54, 1.807) is 18.3 Å². The van der Waals surface area contributed by atoms with Crippen LogP contribution in [0.3, 0.4) is 0 Å². The van der Waals surface area contributed by atoms with Crippen molar-refractivity contribution in [3.05, 3.63) is 108 Å². The fourth-order valence-corrected chi connectivity index (χ4v) is 3.90. The van der Waals surface area contributed by atoms with E-state index in [-0.39, 0.29) is 18.1 Å². The second kappa shape index (κ2) is 8.03. The van der Waals surface area contributed by atoms with E-state index in [0.717, 1.165) is 32.9 Å². The number of fused-ring (bicyclic) bond motifs is 2. The molecule has 5 rings (SSSR count). The first-order chi connectivity index (χ1) is 15.2. The van der Waals surface area contributed by atoms with Crippen LogP contribution < -0.4 is 5.32 Å². The van der Waals surface area contributed by atoms with Crippen LogP contribution in [0.4, 0.5) is 10.1 Å². The minimum Gasteiger partial charge on any atom is -0.343 e. The molecule has 1 N–H and O–H groups in total. The maximum absolute atomic E-state index is 13.2. The summed E-state index contributed by atoms with van der Waals surface area (Å²) < 4.78 is 15.3. The zero-order valence-electron chi connectivity index (χ0n) is 16.8. The van der Waals surface area contributed by atoms with Crippen molar-refractivity contribution in [2.45, 2.75) is 13.0 Å². The van der Waals surface area contributed by atoms with Crippen LogP contribution in [0, 0.1) is 5.82 Å². The first kappa shape index (κ1) is 19.0. The number of benzene rings is 3. The summed E-state index contributed by atoms with van der Waals surface area (Å²) in [7, 11) is 0. The molecule has 31 heavy (non-hydrogen) atoms. The number of hydrogen-bond donors (Lipinski definition) is 1. The van der Waals surface area contributed by atoms with Gasteiger partial charge in [0.1, 0.15) is 5.82 Å². The standard InChI is InChI=1S/C26H20FN3O/c27-21-11-9-18(10-12-21)16-30-17-20(23-6-2-4-8-25(23)30)14-26(31)29-22-13-19-5-1-3-7-24(19)28-15-22/h1-13,15,17H,14,16H2,(H,29,31). The molecule has 1 amide bonds. The molecule has 3 aromatic carbocycles. The number of carbonyl (C=O) groups excluding carboxylic acids is 1. The van der Waals surface area contributed by atoms with Crippen LogP contribution in [0.2, 0.25) is 0 Å². The summed E-state index contributed by atoms with van der Waals surface area (Å²) in [4.78, 5) is 17.2. The minimum absolute atomic E-state index is 0.0956. The molecule has 0 radical (unpaired) electrons. The quantitative estimate of drug-likeness (QED) is 0.413. The molecule has 5 heteroatoms. The van der Waals surface area contributed by atoms with E-state index in [0.29, 0.717) is 12.2 Å². The summed E-state index contributed by atoms with van der Waals surface area (Å²) in [5, 5.41) is 4.98. The lowest BCUT2D eigenvalue weighted by atomic mass is 10.1. The van der Waals surface area contributed by atoms with Crippen molar-refractivity contribution in [2.24, 2.45) is 0 Å². The molecule has 0 unspecified atom stereocenters. The van der Waals surface area contributed by atoms with Gasteiger partial charge < -0.3 is 9.88 Å². The van der Waals surface area contributed by atoms with E-state index in [2.05, 4.69) is 14.9 Å². The van der Waals surface area contributed by atoms with Gasteiger partial charge in [0.15, 0.2) is 0 Å². The van der Waals surface area contributed by atoms with Crippen LogP contribution in [0.1, 0.15) is 11.1 Å². The number of para-hydroxylation sites is 2. The van der Waals surface area contributed by atoms with Crippen molar-refractivity contribution in [2.75, 3.05) is 5.32 Å². The Morgan fingerprint density at radius 3 is 2.61 bits per heavy atom. The third-order valence-corrected chi connectivity index (χ3v) is 5.36. The van der Waals surface area contributed by atoms with Crippen LogP contribution in [0.15, 0.2) is 91.3 Å². The molecule has 0 aliphatic carbocycles. The molecule has 0 fully saturated rings. The molecule has 4 nitrogen and oxygen atoms in total. The highest BCUT2D eigenvalue weighted by molar-refractivity contribution is 5.97. The van der Waals surface area contributed by atoms with Crippen molar-refractivity contribution in [1.82, 2.24) is 9.55 Å². The number of anilines is 1. The number of pyridine rings is 1. The van der Waals surface area contributed by atoms with Crippen molar-refractivity contribution in [3.63, 3.8) is 0 Å². The Balaban J connectivity index is 1.39. The highest BCUT2D eigenvalue weighted by Gasteiger charge is 2.13. The van der Waals surface area contributed by atoms with Gasteiger partial charge in [0, 0.05) is 29.0 Å². The van der Waals surface area contributed by atoms with Crippen LogP contribution >= 0.6 is 0 Å². The van der Waals surface area contributed by atoms with Gasteiger partial charge in [-0.1, -0.05) is 48.5 Å². The maximum atomic E-state index is 13.2. The van der Waals surface area contributed by atoms with Gasteiger partial charge in [-0.15, -0.1) is 0 Å². The molecule has 0 aliphatic rings. The Bertz CT molecular complexity index is 1390. The average molecular weight is 409 g/mol. The first-order valence-electron chi connectivity index (χ1n) is 10.1. The Morgan fingerprint density at radius 2 is 1.74 bits per heavy atom. The molecule has 0 aliphatic heterocycles. The molecule has 0 saturated heterocycles. The smallest absolute Gasteiger partial charge is 0.228 e. The molecule has 152 valence electrons. The van der Waals surface area contributed by atoms with E-state index in [1.165, 1.54) is 12.1 Å². The largest absolute Gasteiger partial charge is 0.343 e. The van der Waals surface area contributed by atoms with Crippen molar-refractivity contribution in [1.29, 1.82) is 0 Å². The summed E-state index contributed by atoms with van der Waals surface area (Å²) >= 11 is 0. The van der Waals surface area contributed by atoms with Gasteiger partial charge >= 0.3 is 0 Å². The summed E-state index contributed by atoms with van der Waals surface area (Å²) in [5.74, 6) is -0.344. The highest BCUT2D eigenvalue weighted by atomic mass is 19.1. The zero-order chi connectivity index (χ0) is 21.2. The Kier molecular flexibility index (Phi) is 4.92. The second-order valence-corrected chi connectivity index (χ2v) is 7.57. The third-order valence-electron chi connectivity index (χ3n) is 5.36. The first-order valence-corrected chi connectivity index (χ1v) is 10.1. The summed E-state index contributed by atoms with van der Waals surface area (Å²) in [5.41, 5.74) is 4.56. The fourth-order valence-electron chi connectivity index (χ4n) is 3.90. The number of rotatable bonds is 5. The number of aromatic nitrogens is 2. The summed E-state index contributed by atoms with van der Waals surface area (Å²) in [6.45, 7) is 0.608. The van der Waals surface area contributed by atoms with Gasteiger partial charge in [0.05, 0.1) is 23.8 Å². The van der Waals surface area contributed by atoms with E-state index < -0.39 is 0 Å². The molecule has 2 heterocycles. The zero-order valence-corrected chi connectivity index (χ0v) is 16.8. The topological polar surface area (TPSA) is 46.9 Å². The number of nitrogens with zero attached hydrogens (tertiary/aromatic N) is 2. The lowest BCUT2D eigenvalue weighted by Gasteiger charge is -2.06. The number of halogens is 1. The fraction of sp³-hybridized carbons (Fsp3) is 0.0769. The number of nitrogens with one attached hydrogen (secondary N) is 1. The van der Waals surface area contributed by atoms with E-state index in [9.17, 15) is 9.18 Å². The van der Waals surface area contributed by atoms with Gasteiger partial charge in [-0.25, -0.2) is 4.39 Å². The van der Waals surface area contributed by atoms with E-state index in [4.69, 9.17) is 0 Å². The van der Waals surface area contributed by atoms with Gasteiger partial charge in [-0.2, -0.15) is 0 Å². The normalized spacial score (nSPS) is 11.1. The van der Waals surface area contributed by atoms with Crippen molar-refractivity contribution < 1.29 is 9.18 Å². The predicted molar refractivity (Wildman–Crippen MR) is 122 cm³/mol. The monoisotopic (exact) mass is 409 g/mol. The lowest BCUT2D eigenvalue weighted by Crippen LogP contribution is -2.14. The van der Waals surface area contributed by atoms with E-state index >= 15 is 0 Å². The number of amides is 1. The lowest BCUT2D eigenvalue weighted by molar-refractivity contribution is -0.115. The molecule has 0 spiro atoms. The Hall–Kier alpha value is -3.99. The molecular weight excluding hydrogens is 389 g/mol. The molecule has 5 aromatic rings. The van der Waals surface area contributed by atoms with Crippen LogP contribution in [-0.4, -0.2) is 15.5 Å². The highest BCUT2D eigenvalue weighted by Crippen LogP contribution is 2.24. The maximum Gasteiger partial charge on any atom is 0.228 e. The summed E-state index contributed by atoms with van der Waals surface area (Å²) in [6, 6.07) is 24.2. The molecular formula is C26H20FN3O. The van der Waals surface area contributed by atoms with Crippen molar-refractivity contribution >= 4 is 33.4 Å². The molecule has 2 aromatic heterocycles. The van der Waals surface area contributed by atoms with Gasteiger partial charge in [-0.3, -0.25) is 9.78 Å². The summed E-state index contributed by atoms with van der Waals surface area (Å²) in [6.07, 6.45) is 3.94. The second-order valence-electron chi connectivity index (χ2n) is 7.57. The van der Waals surface area contributed by atoms with Crippen LogP contribution in [0.5, 0.6) is 0 Å². The predicted octanol–water partition coefficient (Wildman–Crippen LogP) is 5.56. The van der Waals surface area contributed by atoms with Gasteiger partial charge in [0.2, 0.25) is 5.91 Å². The van der Waals surface area contributed by atoms with E-state index in [1.807, 2.05) is 60.8 Å². The molecule has 0 saturated carbocycles. The SMILES string of the molecule is O=C(Cc1cn(Cc2ccc(F)cc2)c2ccccc12)Nc1cnc2ccccc2c1. The van der Waals surface area contributed by atoms with Crippen LogP contribution in [0.25, 0.3) is 21.8 Å². The molecule has 0 bridgehead atoms. The molecule has 0 atom stereocenters. The van der Waals surface area contributed by atoms with Gasteiger partial charge in [-0.05, 0) is 41.5 Å².